The minimum Gasteiger partial charge on any atom is -0.290 e. The Morgan fingerprint density at radius 3 is 2.64 bits per heavy atom. The van der Waals surface area contributed by atoms with Crippen molar-refractivity contribution in [3.8, 4) is 6.07 Å². The van der Waals surface area contributed by atoms with Crippen molar-refractivity contribution in [3.05, 3.63) is 73.1 Å². The summed E-state index contributed by atoms with van der Waals surface area (Å²) in [6, 6.07) is 7.22. The van der Waals surface area contributed by atoms with Gasteiger partial charge in [0.2, 0.25) is 5.78 Å². The second-order valence-electron chi connectivity index (χ2n) is 7.65. The van der Waals surface area contributed by atoms with Crippen LogP contribution in [0.15, 0.2) is 33.9 Å². The van der Waals surface area contributed by atoms with Gasteiger partial charge in [-0.1, -0.05) is 19.9 Å². The average molecular weight is 377 g/mol. The Labute approximate surface area is 163 Å². The van der Waals surface area contributed by atoms with Crippen molar-refractivity contribution in [1.29, 1.82) is 5.26 Å². The second-order valence-corrected chi connectivity index (χ2v) is 7.65. The number of carbonyl (C=O) groups excluding carboxylic acids is 1. The van der Waals surface area contributed by atoms with Gasteiger partial charge in [-0.15, -0.1) is 0 Å². The predicted octanol–water partition coefficient (Wildman–Crippen LogP) is 3.15. The highest BCUT2D eigenvalue weighted by Crippen LogP contribution is 2.31. The first-order valence-electron chi connectivity index (χ1n) is 9.41. The Hall–Kier alpha value is -3.20. The molecule has 28 heavy (non-hydrogen) atoms. The van der Waals surface area contributed by atoms with E-state index in [2.05, 4.69) is 4.98 Å². The van der Waals surface area contributed by atoms with Crippen LogP contribution in [0.5, 0.6) is 0 Å². The summed E-state index contributed by atoms with van der Waals surface area (Å²) in [5, 5.41) is 8.76. The number of hydrogen-bond donors (Lipinski definition) is 1. The van der Waals surface area contributed by atoms with Crippen molar-refractivity contribution in [3.63, 3.8) is 0 Å². The third kappa shape index (κ3) is 4.04. The van der Waals surface area contributed by atoms with Crippen molar-refractivity contribution in [2.24, 2.45) is 5.92 Å². The van der Waals surface area contributed by atoms with E-state index in [9.17, 15) is 14.4 Å². The number of hydrogen-bond acceptors (Lipinski definition) is 4. The molecule has 1 aliphatic carbocycles. The molecule has 6 heteroatoms. The Bertz CT molecular complexity index is 1110. The lowest BCUT2D eigenvalue weighted by molar-refractivity contribution is 0.102. The van der Waals surface area contributed by atoms with E-state index in [1.807, 2.05) is 32.9 Å². The Morgan fingerprint density at radius 2 is 2.04 bits per heavy atom. The third-order valence-corrected chi connectivity index (χ3v) is 4.88. The SMILES string of the molecule is Cc1cc(C=CC#N)cc(C(=O)c2c(C(C)C)c(=O)[nH]c(=O)n2CC2CC2)c1. The first-order chi connectivity index (χ1) is 13.3. The van der Waals surface area contributed by atoms with Crippen molar-refractivity contribution in [2.75, 3.05) is 0 Å². The number of H-pyrrole nitrogens is 1. The maximum absolute atomic E-state index is 13.5. The maximum Gasteiger partial charge on any atom is 0.328 e. The van der Waals surface area contributed by atoms with Gasteiger partial charge in [0.1, 0.15) is 5.69 Å². The van der Waals surface area contributed by atoms with Crippen molar-refractivity contribution in [1.82, 2.24) is 9.55 Å². The summed E-state index contributed by atoms with van der Waals surface area (Å²) < 4.78 is 1.43. The van der Waals surface area contributed by atoms with Crippen LogP contribution in [0.1, 0.15) is 65.3 Å². The highest BCUT2D eigenvalue weighted by atomic mass is 16.2. The molecule has 144 valence electrons. The number of nitrogens with zero attached hydrogens (tertiary/aromatic N) is 2. The summed E-state index contributed by atoms with van der Waals surface area (Å²) in [6.07, 6.45) is 5.01. The first kappa shape index (κ1) is 19.6. The van der Waals surface area contributed by atoms with Gasteiger partial charge in [-0.25, -0.2) is 4.79 Å². The smallest absolute Gasteiger partial charge is 0.290 e. The number of carbonyl (C=O) groups is 1. The number of nitrogens with one attached hydrogen (secondary N) is 1. The zero-order valence-corrected chi connectivity index (χ0v) is 16.3. The Balaban J connectivity index is 2.22. The highest BCUT2D eigenvalue weighted by molar-refractivity contribution is 6.09. The molecule has 1 N–H and O–H groups in total. The third-order valence-electron chi connectivity index (χ3n) is 4.88. The van der Waals surface area contributed by atoms with Crippen molar-refractivity contribution >= 4 is 11.9 Å². The summed E-state index contributed by atoms with van der Waals surface area (Å²) in [5.41, 5.74) is 1.44. The average Bonchev–Trinajstić information content (AvgIpc) is 3.44. The zero-order chi connectivity index (χ0) is 20.4. The van der Waals surface area contributed by atoms with Crippen LogP contribution in [0.3, 0.4) is 0 Å². The van der Waals surface area contributed by atoms with E-state index in [1.165, 1.54) is 10.6 Å². The molecule has 1 fully saturated rings. The fourth-order valence-electron chi connectivity index (χ4n) is 3.41. The van der Waals surface area contributed by atoms with E-state index in [1.54, 1.807) is 18.2 Å². The van der Waals surface area contributed by atoms with E-state index in [0.717, 1.165) is 24.0 Å². The van der Waals surface area contributed by atoms with E-state index in [4.69, 9.17) is 5.26 Å². The number of aryl methyl sites for hydroxylation is 1. The topological polar surface area (TPSA) is 95.7 Å². The van der Waals surface area contributed by atoms with Gasteiger partial charge in [-0.2, -0.15) is 5.26 Å². The molecule has 1 heterocycles. The summed E-state index contributed by atoms with van der Waals surface area (Å²) >= 11 is 0. The van der Waals surface area contributed by atoms with Crippen LogP contribution in [0.4, 0.5) is 0 Å². The Morgan fingerprint density at radius 1 is 1.32 bits per heavy atom. The quantitative estimate of drug-likeness (QED) is 0.618. The molecule has 0 aliphatic heterocycles. The number of aromatic amines is 1. The van der Waals surface area contributed by atoms with Gasteiger partial charge in [-0.05, 0) is 60.9 Å². The van der Waals surface area contributed by atoms with E-state index in [0.29, 0.717) is 23.6 Å². The number of benzene rings is 1. The predicted molar refractivity (Wildman–Crippen MR) is 107 cm³/mol. The van der Waals surface area contributed by atoms with Crippen LogP contribution in [0, 0.1) is 24.2 Å². The fraction of sp³-hybridized carbons (Fsp3) is 0.364. The molecule has 0 amide bonds. The normalized spacial score (nSPS) is 13.8. The number of allylic oxidation sites excluding steroid dienone is 1. The van der Waals surface area contributed by atoms with Gasteiger partial charge in [0.05, 0.1) is 6.07 Å². The summed E-state index contributed by atoms with van der Waals surface area (Å²) in [4.78, 5) is 40.9. The molecule has 1 saturated carbocycles. The van der Waals surface area contributed by atoms with Crippen LogP contribution < -0.4 is 11.2 Å². The molecule has 3 rings (SSSR count). The van der Waals surface area contributed by atoms with Crippen molar-refractivity contribution < 1.29 is 4.79 Å². The number of aromatic nitrogens is 2. The fourth-order valence-corrected chi connectivity index (χ4v) is 3.41. The molecule has 0 bridgehead atoms. The molecule has 1 aromatic heterocycles. The zero-order valence-electron chi connectivity index (χ0n) is 16.3. The summed E-state index contributed by atoms with van der Waals surface area (Å²) in [7, 11) is 0. The molecule has 0 unspecified atom stereocenters. The highest BCUT2D eigenvalue weighted by Gasteiger charge is 2.29. The van der Waals surface area contributed by atoms with Gasteiger partial charge in [0, 0.05) is 23.7 Å². The summed E-state index contributed by atoms with van der Waals surface area (Å²) in [6.45, 7) is 5.97. The second kappa shape index (κ2) is 7.81. The van der Waals surface area contributed by atoms with Crippen LogP contribution in [-0.4, -0.2) is 15.3 Å². The minimum atomic E-state index is -0.540. The molecule has 0 spiro atoms. The largest absolute Gasteiger partial charge is 0.328 e. The maximum atomic E-state index is 13.5. The molecule has 0 atom stereocenters. The number of rotatable bonds is 6. The number of ketones is 1. The molecule has 0 radical (unpaired) electrons. The van der Waals surface area contributed by atoms with E-state index >= 15 is 0 Å². The van der Waals surface area contributed by atoms with Crippen LogP contribution in [0.25, 0.3) is 6.08 Å². The molecule has 1 aromatic carbocycles. The van der Waals surface area contributed by atoms with Crippen molar-refractivity contribution in [2.45, 2.75) is 46.1 Å². The van der Waals surface area contributed by atoms with Gasteiger partial charge >= 0.3 is 5.69 Å². The molecule has 1 aliphatic rings. The van der Waals surface area contributed by atoms with Gasteiger partial charge in [0.15, 0.2) is 0 Å². The van der Waals surface area contributed by atoms with Gasteiger partial charge in [-0.3, -0.25) is 19.1 Å². The number of nitriles is 1. The van der Waals surface area contributed by atoms with Gasteiger partial charge in [0.25, 0.3) is 5.56 Å². The van der Waals surface area contributed by atoms with Gasteiger partial charge < -0.3 is 0 Å². The van der Waals surface area contributed by atoms with Crippen LogP contribution in [-0.2, 0) is 6.54 Å². The lowest BCUT2D eigenvalue weighted by atomic mass is 9.95. The molecule has 2 aromatic rings. The minimum absolute atomic E-state index is 0.177. The van der Waals surface area contributed by atoms with E-state index in [-0.39, 0.29) is 17.4 Å². The van der Waals surface area contributed by atoms with Crippen LogP contribution in [0.2, 0.25) is 0 Å². The van der Waals surface area contributed by atoms with E-state index < -0.39 is 11.2 Å². The monoisotopic (exact) mass is 377 g/mol. The summed E-state index contributed by atoms with van der Waals surface area (Å²) in [5.74, 6) is -0.193. The Kier molecular flexibility index (Phi) is 5.46. The lowest BCUT2D eigenvalue weighted by Gasteiger charge is -2.17. The molecule has 0 saturated heterocycles. The standard InChI is InChI=1S/C22H23N3O3/c1-13(2)18-19(25(12-15-6-7-15)22(28)24-21(18)27)20(26)17-10-14(3)9-16(11-17)5-4-8-23/h4-5,9-11,13,15H,6-7,12H2,1-3H3,(H,24,27,28). The lowest BCUT2D eigenvalue weighted by Crippen LogP contribution is -2.38. The molecule has 6 nitrogen and oxygen atoms in total. The van der Waals surface area contributed by atoms with Crippen LogP contribution >= 0.6 is 0 Å². The molecular formula is C22H23N3O3. The molecular weight excluding hydrogens is 354 g/mol. The first-order valence-corrected chi connectivity index (χ1v) is 9.41.